The van der Waals surface area contributed by atoms with Crippen LogP contribution in [-0.2, 0) is 4.79 Å². The summed E-state index contributed by atoms with van der Waals surface area (Å²) >= 11 is 3.28. The summed E-state index contributed by atoms with van der Waals surface area (Å²) in [7, 11) is 0. The number of rotatable bonds is 5. The summed E-state index contributed by atoms with van der Waals surface area (Å²) in [6.45, 7) is -0.239. The molecule has 0 radical (unpaired) electrons. The van der Waals surface area contributed by atoms with Gasteiger partial charge in [0, 0.05) is 15.6 Å². The van der Waals surface area contributed by atoms with Crippen LogP contribution in [0.1, 0.15) is 15.9 Å². The number of carbonyl (C=O) groups is 2. The summed E-state index contributed by atoms with van der Waals surface area (Å²) < 4.78 is 0.768. The Morgan fingerprint density at radius 2 is 1.93 bits per heavy atom. The van der Waals surface area contributed by atoms with Gasteiger partial charge in [0.05, 0.1) is 18.3 Å². The average molecular weight is 427 g/mol. The van der Waals surface area contributed by atoms with Crippen molar-refractivity contribution in [2.45, 2.75) is 0 Å². The number of H-pyrrole nitrogens is 1. The van der Waals surface area contributed by atoms with Crippen LogP contribution in [0, 0.1) is 0 Å². The molecule has 3 N–H and O–H groups in total. The first-order valence-electron chi connectivity index (χ1n) is 8.01. The highest BCUT2D eigenvalue weighted by atomic mass is 79.9. The Labute approximate surface area is 162 Å². The lowest BCUT2D eigenvalue weighted by Gasteiger charge is -2.04. The zero-order chi connectivity index (χ0) is 19.2. The minimum atomic E-state index is -0.508. The number of nitrogens with zero attached hydrogens (tertiary/aromatic N) is 1. The fraction of sp³-hybridized carbons (Fsp3) is 0.0526. The molecule has 27 heavy (non-hydrogen) atoms. The van der Waals surface area contributed by atoms with Crippen molar-refractivity contribution in [2.24, 2.45) is 5.10 Å². The quantitative estimate of drug-likeness (QED) is 0.430. The molecule has 2 amide bonds. The number of aromatic nitrogens is 1. The van der Waals surface area contributed by atoms with Gasteiger partial charge in [0.15, 0.2) is 0 Å². The van der Waals surface area contributed by atoms with Gasteiger partial charge in [0.2, 0.25) is 0 Å². The number of pyridine rings is 1. The number of amides is 2. The van der Waals surface area contributed by atoms with Crippen LogP contribution in [0.15, 0.2) is 69.0 Å². The maximum absolute atomic E-state index is 12.0. The molecule has 1 aromatic heterocycles. The molecule has 0 aliphatic carbocycles. The predicted octanol–water partition coefficient (Wildman–Crippen LogP) is 2.17. The summed E-state index contributed by atoms with van der Waals surface area (Å²) in [6.07, 6.45) is 1.26. The highest BCUT2D eigenvalue weighted by Crippen LogP contribution is 2.11. The van der Waals surface area contributed by atoms with E-state index in [1.54, 1.807) is 36.4 Å². The van der Waals surface area contributed by atoms with Crippen molar-refractivity contribution in [3.8, 4) is 0 Å². The number of para-hydroxylation sites is 1. The molecule has 0 saturated carbocycles. The van der Waals surface area contributed by atoms with Crippen molar-refractivity contribution in [1.82, 2.24) is 15.7 Å². The van der Waals surface area contributed by atoms with Crippen molar-refractivity contribution < 1.29 is 9.59 Å². The Morgan fingerprint density at radius 3 is 2.74 bits per heavy atom. The molecule has 7 nitrogen and oxygen atoms in total. The molecule has 0 atom stereocenters. The maximum atomic E-state index is 12.0. The Bertz CT molecular complexity index is 1090. The largest absolute Gasteiger partial charge is 0.343 e. The second-order valence-corrected chi connectivity index (χ2v) is 6.54. The van der Waals surface area contributed by atoms with Gasteiger partial charge in [-0.15, -0.1) is 0 Å². The Balaban J connectivity index is 1.57. The molecule has 136 valence electrons. The van der Waals surface area contributed by atoms with Crippen molar-refractivity contribution in [2.75, 3.05) is 6.54 Å². The minimum Gasteiger partial charge on any atom is -0.343 e. The van der Waals surface area contributed by atoms with Gasteiger partial charge in [-0.25, -0.2) is 5.43 Å². The van der Waals surface area contributed by atoms with Gasteiger partial charge in [-0.05, 0) is 35.7 Å². The number of hydrazone groups is 1. The van der Waals surface area contributed by atoms with E-state index in [0.717, 1.165) is 15.4 Å². The lowest BCUT2D eigenvalue weighted by Crippen LogP contribution is -2.35. The van der Waals surface area contributed by atoms with E-state index in [-0.39, 0.29) is 18.0 Å². The molecule has 3 rings (SSSR count). The number of nitrogens with one attached hydrogen (secondary N) is 3. The second kappa shape index (κ2) is 8.41. The van der Waals surface area contributed by atoms with Crippen molar-refractivity contribution in [3.63, 3.8) is 0 Å². The lowest BCUT2D eigenvalue weighted by molar-refractivity contribution is -0.120. The van der Waals surface area contributed by atoms with Crippen molar-refractivity contribution >= 4 is 44.9 Å². The van der Waals surface area contributed by atoms with Crippen LogP contribution in [0.25, 0.3) is 10.9 Å². The lowest BCUT2D eigenvalue weighted by atomic mass is 10.2. The zero-order valence-electron chi connectivity index (χ0n) is 14.0. The highest BCUT2D eigenvalue weighted by molar-refractivity contribution is 9.10. The van der Waals surface area contributed by atoms with Crippen molar-refractivity contribution in [1.29, 1.82) is 0 Å². The van der Waals surface area contributed by atoms with E-state index < -0.39 is 5.91 Å². The van der Waals surface area contributed by atoms with Crippen LogP contribution in [0.2, 0.25) is 0 Å². The predicted molar refractivity (Wildman–Crippen MR) is 107 cm³/mol. The Hall–Kier alpha value is -3.26. The maximum Gasteiger partial charge on any atom is 0.259 e. The van der Waals surface area contributed by atoms with Gasteiger partial charge in [-0.1, -0.05) is 40.2 Å². The van der Waals surface area contributed by atoms with E-state index in [1.807, 2.05) is 18.2 Å². The smallest absolute Gasteiger partial charge is 0.259 e. The van der Waals surface area contributed by atoms with Crippen LogP contribution < -0.4 is 16.3 Å². The van der Waals surface area contributed by atoms with Crippen LogP contribution in [0.3, 0.4) is 0 Å². The van der Waals surface area contributed by atoms with Gasteiger partial charge in [-0.3, -0.25) is 14.4 Å². The molecular formula is C19H15BrN4O3. The number of fused-ring (bicyclic) bond motifs is 1. The molecule has 0 aliphatic heterocycles. The summed E-state index contributed by atoms with van der Waals surface area (Å²) in [5, 5.41) is 7.12. The molecule has 1 heterocycles. The summed E-state index contributed by atoms with van der Waals surface area (Å²) in [5.41, 5.74) is 3.44. The van der Waals surface area contributed by atoms with Gasteiger partial charge in [-0.2, -0.15) is 5.10 Å². The van der Waals surface area contributed by atoms with Gasteiger partial charge in [0.25, 0.3) is 17.4 Å². The van der Waals surface area contributed by atoms with Gasteiger partial charge >= 0.3 is 0 Å². The van der Waals surface area contributed by atoms with E-state index in [0.29, 0.717) is 11.1 Å². The first-order valence-corrected chi connectivity index (χ1v) is 8.80. The summed E-state index contributed by atoms with van der Waals surface area (Å²) in [5.74, 6) is -0.881. The number of carbonyl (C=O) groups excluding carboxylic acids is 2. The fourth-order valence-corrected chi connectivity index (χ4v) is 2.77. The number of aromatic amines is 1. The molecule has 0 saturated heterocycles. The molecular weight excluding hydrogens is 412 g/mol. The zero-order valence-corrected chi connectivity index (χ0v) is 15.6. The molecule has 0 bridgehead atoms. The average Bonchev–Trinajstić information content (AvgIpc) is 2.66. The fourth-order valence-electron chi connectivity index (χ4n) is 2.37. The monoisotopic (exact) mass is 426 g/mol. The van der Waals surface area contributed by atoms with Crippen LogP contribution in [0.4, 0.5) is 0 Å². The van der Waals surface area contributed by atoms with Crippen LogP contribution in [0.5, 0.6) is 0 Å². The number of hydrogen-bond acceptors (Lipinski definition) is 4. The van der Waals surface area contributed by atoms with E-state index in [4.69, 9.17) is 0 Å². The SMILES string of the molecule is O=C(CNC(=O)c1cccc(Br)c1)N/N=C/c1cc2ccccc2[nH]c1=O. The first-order chi connectivity index (χ1) is 13.0. The Kier molecular flexibility index (Phi) is 5.77. The third kappa shape index (κ3) is 4.89. The van der Waals surface area contributed by atoms with E-state index >= 15 is 0 Å². The topological polar surface area (TPSA) is 103 Å². The van der Waals surface area contributed by atoms with Gasteiger partial charge in [0.1, 0.15) is 0 Å². The molecule has 8 heteroatoms. The van der Waals surface area contributed by atoms with E-state index in [9.17, 15) is 14.4 Å². The van der Waals surface area contributed by atoms with Crippen LogP contribution >= 0.6 is 15.9 Å². The third-order valence-electron chi connectivity index (χ3n) is 3.67. The number of halogens is 1. The Morgan fingerprint density at radius 1 is 1.11 bits per heavy atom. The first kappa shape index (κ1) is 18.5. The van der Waals surface area contributed by atoms with Gasteiger partial charge < -0.3 is 10.3 Å². The summed E-state index contributed by atoms with van der Waals surface area (Å²) in [4.78, 5) is 38.5. The highest BCUT2D eigenvalue weighted by Gasteiger charge is 2.08. The standard InChI is InChI=1S/C19H15BrN4O3/c20-15-6-3-5-13(9-15)18(26)21-11-17(25)24-22-10-14-8-12-4-1-2-7-16(12)23-19(14)27/h1-10H,11H2,(H,21,26)(H,23,27)(H,24,25)/b22-10+. The van der Waals surface area contributed by atoms with Crippen LogP contribution in [-0.4, -0.2) is 29.6 Å². The molecule has 2 aromatic carbocycles. The molecule has 0 unspecified atom stereocenters. The molecule has 0 aliphatic rings. The molecule has 3 aromatic rings. The summed E-state index contributed by atoms with van der Waals surface area (Å²) in [6, 6.07) is 15.8. The second-order valence-electron chi connectivity index (χ2n) is 5.63. The van der Waals surface area contributed by atoms with E-state index in [1.165, 1.54) is 6.21 Å². The normalized spacial score (nSPS) is 10.9. The number of benzene rings is 2. The van der Waals surface area contributed by atoms with E-state index in [2.05, 4.69) is 36.8 Å². The third-order valence-corrected chi connectivity index (χ3v) is 4.16. The molecule has 0 fully saturated rings. The minimum absolute atomic E-state index is 0.239. The molecule has 0 spiro atoms. The van der Waals surface area contributed by atoms with Crippen molar-refractivity contribution in [3.05, 3.63) is 80.6 Å². The number of hydrogen-bond donors (Lipinski definition) is 3.